The average Bonchev–Trinajstić information content (AvgIpc) is 3.25. The molecule has 1 amide bonds. The molecule has 0 bridgehead atoms. The summed E-state index contributed by atoms with van der Waals surface area (Å²) in [5, 5.41) is 5.93. The van der Waals surface area contributed by atoms with E-state index in [1.165, 1.54) is 12.8 Å². The molecule has 1 aliphatic carbocycles. The number of halogens is 1. The summed E-state index contributed by atoms with van der Waals surface area (Å²) in [5.74, 6) is 0.274. The molecule has 1 fully saturated rings. The number of amides is 1. The summed E-state index contributed by atoms with van der Waals surface area (Å²) in [5.41, 5.74) is 1.09. The van der Waals surface area contributed by atoms with Crippen molar-refractivity contribution in [3.8, 4) is 0 Å². The molecule has 1 aromatic carbocycles. The van der Waals surface area contributed by atoms with E-state index in [0.29, 0.717) is 28.9 Å². The molecule has 2 rings (SSSR count). The Morgan fingerprint density at radius 1 is 1.38 bits per heavy atom. The summed E-state index contributed by atoms with van der Waals surface area (Å²) < 4.78 is 5.58. The number of benzene rings is 1. The summed E-state index contributed by atoms with van der Waals surface area (Å²) in [6.07, 6.45) is 2.52. The monoisotopic (exact) mass is 354 g/mol. The molecule has 114 valence electrons. The topological polar surface area (TPSA) is 67.4 Å². The molecule has 21 heavy (non-hydrogen) atoms. The Morgan fingerprint density at radius 2 is 2.14 bits per heavy atom. The Morgan fingerprint density at radius 3 is 2.76 bits per heavy atom. The first-order valence-corrected chi connectivity index (χ1v) is 7.86. The predicted octanol–water partition coefficient (Wildman–Crippen LogP) is 2.56. The van der Waals surface area contributed by atoms with Crippen LogP contribution in [0.4, 0.5) is 5.69 Å². The first kappa shape index (κ1) is 16.0. The zero-order chi connectivity index (χ0) is 15.2. The molecule has 0 aromatic heterocycles. The van der Waals surface area contributed by atoms with Crippen LogP contribution in [-0.2, 0) is 9.53 Å². The fraction of sp³-hybridized carbons (Fsp3) is 0.467. The van der Waals surface area contributed by atoms with E-state index in [9.17, 15) is 9.59 Å². The van der Waals surface area contributed by atoms with Crippen molar-refractivity contribution in [3.63, 3.8) is 0 Å². The molecule has 6 heteroatoms. The van der Waals surface area contributed by atoms with Crippen LogP contribution in [0.5, 0.6) is 0 Å². The Bertz CT molecular complexity index is 530. The maximum atomic E-state index is 11.8. The van der Waals surface area contributed by atoms with Gasteiger partial charge in [0.1, 0.15) is 0 Å². The number of hydrogen-bond donors (Lipinski definition) is 2. The second-order valence-corrected chi connectivity index (χ2v) is 5.89. The van der Waals surface area contributed by atoms with Crippen molar-refractivity contribution < 1.29 is 14.3 Å². The van der Waals surface area contributed by atoms with Crippen molar-refractivity contribution in [1.82, 2.24) is 5.32 Å². The highest BCUT2D eigenvalue weighted by molar-refractivity contribution is 9.10. The van der Waals surface area contributed by atoms with Crippen LogP contribution in [0.3, 0.4) is 0 Å². The maximum Gasteiger partial charge on any atom is 0.338 e. The molecule has 1 saturated carbocycles. The third-order valence-corrected chi connectivity index (χ3v) is 3.83. The van der Waals surface area contributed by atoms with Crippen molar-refractivity contribution >= 4 is 33.5 Å². The van der Waals surface area contributed by atoms with Crippen LogP contribution in [0.2, 0.25) is 0 Å². The van der Waals surface area contributed by atoms with Crippen LogP contribution < -0.4 is 10.6 Å². The molecule has 0 radical (unpaired) electrons. The SMILES string of the molecule is CCOC(=O)c1ccc(NC(=O)CNCC2CC2)c(Br)c1. The quantitative estimate of drug-likeness (QED) is 0.738. The minimum Gasteiger partial charge on any atom is -0.462 e. The van der Waals surface area contributed by atoms with Crippen LogP contribution in [0, 0.1) is 5.92 Å². The molecule has 0 atom stereocenters. The lowest BCUT2D eigenvalue weighted by molar-refractivity contribution is -0.115. The van der Waals surface area contributed by atoms with Gasteiger partial charge in [-0.15, -0.1) is 0 Å². The fourth-order valence-electron chi connectivity index (χ4n) is 1.86. The molecule has 0 aliphatic heterocycles. The fourth-order valence-corrected chi connectivity index (χ4v) is 2.34. The molecule has 0 saturated heterocycles. The molecule has 2 N–H and O–H groups in total. The van der Waals surface area contributed by atoms with E-state index >= 15 is 0 Å². The Hall–Kier alpha value is -1.40. The van der Waals surface area contributed by atoms with Crippen molar-refractivity contribution in [2.24, 2.45) is 5.92 Å². The normalized spacial score (nSPS) is 13.8. The van der Waals surface area contributed by atoms with Crippen LogP contribution in [0.1, 0.15) is 30.1 Å². The number of carbonyl (C=O) groups is 2. The van der Waals surface area contributed by atoms with Gasteiger partial charge in [0.15, 0.2) is 0 Å². The number of ether oxygens (including phenoxy) is 1. The van der Waals surface area contributed by atoms with E-state index < -0.39 is 0 Å². The van der Waals surface area contributed by atoms with E-state index in [4.69, 9.17) is 4.74 Å². The van der Waals surface area contributed by atoms with E-state index in [1.54, 1.807) is 25.1 Å². The summed E-state index contributed by atoms with van der Waals surface area (Å²) in [4.78, 5) is 23.4. The Kier molecular flexibility index (Phi) is 5.76. The highest BCUT2D eigenvalue weighted by Gasteiger charge is 2.20. The summed E-state index contributed by atoms with van der Waals surface area (Å²) in [7, 11) is 0. The third-order valence-electron chi connectivity index (χ3n) is 3.17. The number of hydrogen-bond acceptors (Lipinski definition) is 4. The lowest BCUT2D eigenvalue weighted by Crippen LogP contribution is -2.29. The average molecular weight is 355 g/mol. The standard InChI is InChI=1S/C15H19BrN2O3/c1-2-21-15(20)11-5-6-13(12(16)7-11)18-14(19)9-17-8-10-3-4-10/h5-7,10,17H,2-4,8-9H2,1H3,(H,18,19). The second kappa shape index (κ2) is 7.56. The summed E-state index contributed by atoms with van der Waals surface area (Å²) in [6.45, 7) is 3.29. The van der Waals surface area contributed by atoms with E-state index in [0.717, 1.165) is 12.5 Å². The molecule has 1 aliphatic rings. The van der Waals surface area contributed by atoms with Crippen LogP contribution >= 0.6 is 15.9 Å². The molecule has 0 unspecified atom stereocenters. The van der Waals surface area contributed by atoms with E-state index in [2.05, 4.69) is 26.6 Å². The number of rotatable bonds is 7. The molecular weight excluding hydrogens is 336 g/mol. The number of carbonyl (C=O) groups excluding carboxylic acids is 2. The lowest BCUT2D eigenvalue weighted by atomic mass is 10.2. The predicted molar refractivity (Wildman–Crippen MR) is 84.3 cm³/mol. The largest absolute Gasteiger partial charge is 0.462 e. The highest BCUT2D eigenvalue weighted by atomic mass is 79.9. The van der Waals surface area contributed by atoms with Gasteiger partial charge in [-0.3, -0.25) is 4.79 Å². The number of anilines is 1. The molecular formula is C15H19BrN2O3. The summed E-state index contributed by atoms with van der Waals surface area (Å²) in [6, 6.07) is 4.97. The van der Waals surface area contributed by atoms with Crippen molar-refractivity contribution in [2.75, 3.05) is 25.0 Å². The first-order chi connectivity index (χ1) is 10.1. The smallest absolute Gasteiger partial charge is 0.338 e. The van der Waals surface area contributed by atoms with Crippen molar-refractivity contribution in [3.05, 3.63) is 28.2 Å². The molecule has 0 heterocycles. The third kappa shape index (κ3) is 5.13. The van der Waals surface area contributed by atoms with Gasteiger partial charge in [-0.1, -0.05) is 0 Å². The highest BCUT2D eigenvalue weighted by Crippen LogP contribution is 2.27. The summed E-state index contributed by atoms with van der Waals surface area (Å²) >= 11 is 3.35. The van der Waals surface area contributed by atoms with Crippen LogP contribution in [0.15, 0.2) is 22.7 Å². The van der Waals surface area contributed by atoms with E-state index in [1.807, 2.05) is 0 Å². The van der Waals surface area contributed by atoms with Gasteiger partial charge in [0.25, 0.3) is 0 Å². The van der Waals surface area contributed by atoms with Gasteiger partial charge >= 0.3 is 5.97 Å². The van der Waals surface area contributed by atoms with Gasteiger partial charge in [-0.2, -0.15) is 0 Å². The van der Waals surface area contributed by atoms with Gasteiger partial charge in [0.2, 0.25) is 5.91 Å². The van der Waals surface area contributed by atoms with Gasteiger partial charge in [-0.25, -0.2) is 4.79 Å². The van der Waals surface area contributed by atoms with Crippen molar-refractivity contribution in [1.29, 1.82) is 0 Å². The second-order valence-electron chi connectivity index (χ2n) is 5.04. The van der Waals surface area contributed by atoms with Gasteiger partial charge < -0.3 is 15.4 Å². The van der Waals surface area contributed by atoms with Gasteiger partial charge in [0.05, 0.1) is 24.4 Å². The van der Waals surface area contributed by atoms with Gasteiger partial charge in [-0.05, 0) is 66.4 Å². The first-order valence-electron chi connectivity index (χ1n) is 7.07. The number of esters is 1. The lowest BCUT2D eigenvalue weighted by Gasteiger charge is -2.09. The minimum absolute atomic E-state index is 0.0970. The zero-order valence-electron chi connectivity index (χ0n) is 11.9. The minimum atomic E-state index is -0.373. The Labute approximate surface area is 132 Å². The Balaban J connectivity index is 1.87. The molecule has 1 aromatic rings. The van der Waals surface area contributed by atoms with Crippen molar-refractivity contribution in [2.45, 2.75) is 19.8 Å². The number of nitrogens with one attached hydrogen (secondary N) is 2. The van der Waals surface area contributed by atoms with Crippen LogP contribution in [-0.4, -0.2) is 31.6 Å². The maximum absolute atomic E-state index is 11.8. The van der Waals surface area contributed by atoms with Crippen LogP contribution in [0.25, 0.3) is 0 Å². The zero-order valence-corrected chi connectivity index (χ0v) is 13.5. The van der Waals surface area contributed by atoms with E-state index in [-0.39, 0.29) is 11.9 Å². The molecule has 0 spiro atoms. The van der Waals surface area contributed by atoms with Gasteiger partial charge in [0, 0.05) is 4.47 Å². The molecule has 5 nitrogen and oxygen atoms in total.